The van der Waals surface area contributed by atoms with Crippen molar-refractivity contribution >= 4 is 17.6 Å². The zero-order chi connectivity index (χ0) is 15.2. The number of furan rings is 1. The molecule has 2 aromatic rings. The first-order valence-electron chi connectivity index (χ1n) is 6.38. The molecule has 1 unspecified atom stereocenters. The van der Waals surface area contributed by atoms with E-state index < -0.39 is 12.0 Å². The van der Waals surface area contributed by atoms with Gasteiger partial charge in [-0.15, -0.1) is 0 Å². The molecule has 2 N–H and O–H groups in total. The van der Waals surface area contributed by atoms with E-state index in [4.69, 9.17) is 26.5 Å². The molecule has 0 bridgehead atoms. The van der Waals surface area contributed by atoms with Crippen molar-refractivity contribution in [2.75, 3.05) is 7.11 Å². The highest BCUT2D eigenvalue weighted by Crippen LogP contribution is 2.18. The zero-order valence-electron chi connectivity index (χ0n) is 11.5. The first-order chi connectivity index (χ1) is 10.1. The van der Waals surface area contributed by atoms with E-state index in [-0.39, 0.29) is 13.0 Å². The van der Waals surface area contributed by atoms with E-state index in [2.05, 4.69) is 4.74 Å². The summed E-state index contributed by atoms with van der Waals surface area (Å²) in [6.07, 6.45) is 0.285. The van der Waals surface area contributed by atoms with Crippen molar-refractivity contribution < 1.29 is 18.7 Å². The van der Waals surface area contributed by atoms with E-state index in [0.29, 0.717) is 22.3 Å². The van der Waals surface area contributed by atoms with E-state index in [9.17, 15) is 4.79 Å². The van der Waals surface area contributed by atoms with Crippen molar-refractivity contribution in [3.05, 3.63) is 52.9 Å². The summed E-state index contributed by atoms with van der Waals surface area (Å²) in [6, 6.07) is 9.88. The fraction of sp³-hybridized carbons (Fsp3) is 0.267. The largest absolute Gasteiger partial charge is 0.486 e. The number of nitrogens with two attached hydrogens (primary N) is 1. The van der Waals surface area contributed by atoms with Gasteiger partial charge >= 0.3 is 5.97 Å². The molecule has 0 fully saturated rings. The smallest absolute Gasteiger partial charge is 0.323 e. The van der Waals surface area contributed by atoms with Crippen LogP contribution in [0.4, 0.5) is 0 Å². The zero-order valence-corrected chi connectivity index (χ0v) is 12.3. The normalized spacial score (nSPS) is 12.0. The molecule has 0 aliphatic heterocycles. The lowest BCUT2D eigenvalue weighted by Gasteiger charge is -2.07. The number of esters is 1. The summed E-state index contributed by atoms with van der Waals surface area (Å²) < 4.78 is 15.7. The Morgan fingerprint density at radius 2 is 1.90 bits per heavy atom. The van der Waals surface area contributed by atoms with E-state index in [1.807, 2.05) is 0 Å². The molecule has 1 atom stereocenters. The molecule has 1 heterocycles. The summed E-state index contributed by atoms with van der Waals surface area (Å²) in [5.41, 5.74) is 5.67. The van der Waals surface area contributed by atoms with Crippen molar-refractivity contribution in [3.8, 4) is 5.75 Å². The number of halogens is 1. The Balaban J connectivity index is 1.88. The first kappa shape index (κ1) is 15.4. The number of benzene rings is 1. The number of hydrogen-bond acceptors (Lipinski definition) is 5. The number of carbonyl (C=O) groups is 1. The van der Waals surface area contributed by atoms with Crippen LogP contribution in [-0.2, 0) is 22.6 Å². The average molecular weight is 310 g/mol. The summed E-state index contributed by atoms with van der Waals surface area (Å²) in [5.74, 6) is 1.49. The third-order valence-corrected chi connectivity index (χ3v) is 3.09. The minimum atomic E-state index is -0.730. The van der Waals surface area contributed by atoms with Crippen LogP contribution < -0.4 is 10.5 Å². The lowest BCUT2D eigenvalue weighted by atomic mass is 10.2. The predicted octanol–water partition coefficient (Wildman–Crippen LogP) is 2.55. The second kappa shape index (κ2) is 7.15. The molecule has 0 spiro atoms. The van der Waals surface area contributed by atoms with Crippen molar-refractivity contribution in [1.82, 2.24) is 0 Å². The second-order valence-electron chi connectivity index (χ2n) is 4.44. The Kier molecular flexibility index (Phi) is 5.25. The summed E-state index contributed by atoms with van der Waals surface area (Å²) >= 11 is 5.79. The molecule has 0 saturated carbocycles. The standard InChI is InChI=1S/C15H16ClNO4/c1-19-15(18)14(17)8-12-6-7-13(21-12)9-20-11-4-2-10(16)3-5-11/h2-7,14H,8-9,17H2,1H3. The Morgan fingerprint density at radius 3 is 2.57 bits per heavy atom. The van der Waals surface area contributed by atoms with Gasteiger partial charge in [0, 0.05) is 11.4 Å². The van der Waals surface area contributed by atoms with E-state index in [0.717, 1.165) is 0 Å². The van der Waals surface area contributed by atoms with Gasteiger partial charge in [-0.25, -0.2) is 0 Å². The average Bonchev–Trinajstić information content (AvgIpc) is 2.93. The maximum Gasteiger partial charge on any atom is 0.323 e. The number of rotatable bonds is 6. The van der Waals surface area contributed by atoms with Gasteiger partial charge < -0.3 is 19.6 Å². The summed E-state index contributed by atoms with van der Waals surface area (Å²) in [5, 5.41) is 0.652. The van der Waals surface area contributed by atoms with Gasteiger partial charge in [0.2, 0.25) is 0 Å². The molecular weight excluding hydrogens is 294 g/mol. The number of carbonyl (C=O) groups excluding carboxylic acids is 1. The molecule has 0 aliphatic carbocycles. The maximum absolute atomic E-state index is 11.2. The third kappa shape index (κ3) is 4.51. The third-order valence-electron chi connectivity index (χ3n) is 2.84. The number of hydrogen-bond donors (Lipinski definition) is 1. The van der Waals surface area contributed by atoms with E-state index in [1.54, 1.807) is 36.4 Å². The Bertz CT molecular complexity index is 594. The lowest BCUT2D eigenvalue weighted by molar-refractivity contribution is -0.142. The molecule has 5 nitrogen and oxygen atoms in total. The molecular formula is C15H16ClNO4. The topological polar surface area (TPSA) is 74.7 Å². The first-order valence-corrected chi connectivity index (χ1v) is 6.75. The Hall–Kier alpha value is -1.98. The van der Waals surface area contributed by atoms with Crippen LogP contribution in [0.3, 0.4) is 0 Å². The molecule has 6 heteroatoms. The van der Waals surface area contributed by atoms with Gasteiger partial charge in [-0.05, 0) is 36.4 Å². The lowest BCUT2D eigenvalue weighted by Crippen LogP contribution is -2.33. The predicted molar refractivity (Wildman–Crippen MR) is 78.2 cm³/mol. The van der Waals surface area contributed by atoms with Gasteiger partial charge in [-0.2, -0.15) is 0 Å². The molecule has 21 heavy (non-hydrogen) atoms. The highest BCUT2D eigenvalue weighted by atomic mass is 35.5. The van der Waals surface area contributed by atoms with Crippen LogP contribution in [0.15, 0.2) is 40.8 Å². The van der Waals surface area contributed by atoms with Gasteiger partial charge in [0.25, 0.3) is 0 Å². The molecule has 0 amide bonds. The quantitative estimate of drug-likeness (QED) is 0.830. The van der Waals surface area contributed by atoms with Crippen molar-refractivity contribution in [2.45, 2.75) is 19.1 Å². The summed E-state index contributed by atoms with van der Waals surface area (Å²) in [7, 11) is 1.30. The van der Waals surface area contributed by atoms with Crippen LogP contribution in [0, 0.1) is 0 Å². The fourth-order valence-corrected chi connectivity index (χ4v) is 1.87. The van der Waals surface area contributed by atoms with Crippen LogP contribution in [0.5, 0.6) is 5.75 Å². The van der Waals surface area contributed by atoms with Gasteiger partial charge in [-0.1, -0.05) is 11.6 Å². The summed E-state index contributed by atoms with van der Waals surface area (Å²) in [4.78, 5) is 11.2. The minimum absolute atomic E-state index is 0.285. The molecule has 0 aliphatic rings. The molecule has 112 valence electrons. The van der Waals surface area contributed by atoms with E-state index >= 15 is 0 Å². The van der Waals surface area contributed by atoms with Crippen molar-refractivity contribution in [1.29, 1.82) is 0 Å². The minimum Gasteiger partial charge on any atom is -0.486 e. The molecule has 0 radical (unpaired) electrons. The van der Waals surface area contributed by atoms with E-state index in [1.165, 1.54) is 7.11 Å². The van der Waals surface area contributed by atoms with Gasteiger partial charge in [-0.3, -0.25) is 4.79 Å². The van der Waals surface area contributed by atoms with Crippen LogP contribution >= 0.6 is 11.6 Å². The van der Waals surface area contributed by atoms with Gasteiger partial charge in [0.05, 0.1) is 7.11 Å². The van der Waals surface area contributed by atoms with Crippen LogP contribution in [-0.4, -0.2) is 19.1 Å². The molecule has 1 aromatic carbocycles. The SMILES string of the molecule is COC(=O)C(N)Cc1ccc(COc2ccc(Cl)cc2)o1. The second-order valence-corrected chi connectivity index (χ2v) is 4.88. The fourth-order valence-electron chi connectivity index (χ4n) is 1.75. The van der Waals surface area contributed by atoms with Gasteiger partial charge in [0.15, 0.2) is 0 Å². The highest BCUT2D eigenvalue weighted by Gasteiger charge is 2.16. The molecule has 2 rings (SSSR count). The molecule has 1 aromatic heterocycles. The van der Waals surface area contributed by atoms with Crippen molar-refractivity contribution in [3.63, 3.8) is 0 Å². The number of ether oxygens (including phenoxy) is 2. The monoisotopic (exact) mass is 309 g/mol. The van der Waals surface area contributed by atoms with Gasteiger partial charge in [0.1, 0.15) is 29.9 Å². The Morgan fingerprint density at radius 1 is 1.24 bits per heavy atom. The number of methoxy groups -OCH3 is 1. The molecule has 0 saturated heterocycles. The van der Waals surface area contributed by atoms with Crippen molar-refractivity contribution in [2.24, 2.45) is 5.73 Å². The summed E-state index contributed by atoms with van der Waals surface area (Å²) in [6.45, 7) is 0.287. The highest BCUT2D eigenvalue weighted by molar-refractivity contribution is 6.30. The Labute approximate surface area is 127 Å². The van der Waals surface area contributed by atoms with Crippen LogP contribution in [0.2, 0.25) is 5.02 Å². The van der Waals surface area contributed by atoms with Crippen LogP contribution in [0.25, 0.3) is 0 Å². The van der Waals surface area contributed by atoms with Crippen LogP contribution in [0.1, 0.15) is 11.5 Å². The maximum atomic E-state index is 11.2.